The molecule has 2 aliphatic rings. The number of carbonyl (C=O) groups is 4. The molecule has 4 bridgehead atoms. The molecule has 0 aliphatic carbocycles. The van der Waals surface area contributed by atoms with Crippen molar-refractivity contribution in [3.8, 4) is 5.75 Å². The van der Waals surface area contributed by atoms with Gasteiger partial charge >= 0.3 is 0 Å². The third-order valence-corrected chi connectivity index (χ3v) is 8.45. The number of fused-ring (bicyclic) bond motifs is 4. The van der Waals surface area contributed by atoms with Crippen LogP contribution in [0.3, 0.4) is 0 Å². The average molecular weight is 646 g/mol. The summed E-state index contributed by atoms with van der Waals surface area (Å²) < 4.78 is 18.8. The zero-order valence-corrected chi connectivity index (χ0v) is 26.9. The summed E-state index contributed by atoms with van der Waals surface area (Å²) in [4.78, 5) is 55.0. The normalized spacial score (nSPS) is 19.1. The van der Waals surface area contributed by atoms with Crippen molar-refractivity contribution in [3.63, 3.8) is 0 Å². The number of ether oxygens (including phenoxy) is 1. The number of hydrogen-bond acceptors (Lipinski definition) is 6. The van der Waals surface area contributed by atoms with Crippen molar-refractivity contribution in [2.45, 2.75) is 70.9 Å². The number of piperidine rings is 1. The van der Waals surface area contributed by atoms with E-state index >= 15 is 0 Å². The van der Waals surface area contributed by atoms with Gasteiger partial charge in [-0.05, 0) is 97.5 Å². The van der Waals surface area contributed by atoms with Gasteiger partial charge in [-0.25, -0.2) is 4.39 Å². The number of halogens is 1. The van der Waals surface area contributed by atoms with Crippen LogP contribution in [0.2, 0.25) is 0 Å². The monoisotopic (exact) mass is 645 g/mol. The Hall–Kier alpha value is -4.80. The highest BCUT2D eigenvalue weighted by Crippen LogP contribution is 2.23. The molecule has 1 unspecified atom stereocenters. The fraction of sp³-hybridized carbons (Fsp3) is 0.417. The van der Waals surface area contributed by atoms with E-state index in [1.165, 1.54) is 6.07 Å². The molecule has 3 aromatic rings. The van der Waals surface area contributed by atoms with Gasteiger partial charge in [-0.15, -0.1) is 0 Å². The molecule has 3 heterocycles. The van der Waals surface area contributed by atoms with Gasteiger partial charge in [-0.2, -0.15) is 0 Å². The first-order valence-corrected chi connectivity index (χ1v) is 16.2. The van der Waals surface area contributed by atoms with Crippen molar-refractivity contribution in [2.24, 2.45) is 11.7 Å². The number of pyridine rings is 1. The maximum atomic E-state index is 13.1. The third kappa shape index (κ3) is 11.5. The molecule has 11 heteroatoms. The minimum absolute atomic E-state index is 0.00199. The summed E-state index contributed by atoms with van der Waals surface area (Å²) >= 11 is 0. The van der Waals surface area contributed by atoms with Crippen LogP contribution >= 0.6 is 0 Å². The van der Waals surface area contributed by atoms with Gasteiger partial charge in [0, 0.05) is 44.9 Å². The van der Waals surface area contributed by atoms with Gasteiger partial charge in [0.25, 0.3) is 0 Å². The van der Waals surface area contributed by atoms with E-state index in [1.807, 2.05) is 42.2 Å². The van der Waals surface area contributed by atoms with Crippen molar-refractivity contribution < 1.29 is 28.3 Å². The fourth-order valence-corrected chi connectivity index (χ4v) is 5.71. The molecule has 1 fully saturated rings. The van der Waals surface area contributed by atoms with Crippen LogP contribution in [0.15, 0.2) is 67.0 Å². The van der Waals surface area contributed by atoms with Gasteiger partial charge < -0.3 is 26.0 Å². The summed E-state index contributed by atoms with van der Waals surface area (Å²) in [5, 5.41) is 5.86. The van der Waals surface area contributed by atoms with E-state index < -0.39 is 11.9 Å². The maximum absolute atomic E-state index is 13.1. The van der Waals surface area contributed by atoms with E-state index in [1.54, 1.807) is 30.6 Å². The molecular weight excluding hydrogens is 601 g/mol. The molecule has 4 amide bonds. The van der Waals surface area contributed by atoms with Crippen LogP contribution in [0.5, 0.6) is 5.75 Å². The van der Waals surface area contributed by atoms with Crippen LogP contribution in [0.4, 0.5) is 4.39 Å². The predicted molar refractivity (Wildman–Crippen MR) is 175 cm³/mol. The van der Waals surface area contributed by atoms with Crippen LogP contribution in [0, 0.1) is 18.7 Å². The summed E-state index contributed by atoms with van der Waals surface area (Å²) in [6.45, 7) is 4.38. The summed E-state index contributed by atoms with van der Waals surface area (Å²) in [6, 6.07) is 15.1. The van der Waals surface area contributed by atoms with Crippen molar-refractivity contribution in [2.75, 3.05) is 19.7 Å². The van der Waals surface area contributed by atoms with Crippen molar-refractivity contribution in [1.82, 2.24) is 20.5 Å². The SMILES string of the molecule is Cc1ccc2cc1CNC(=O)[C@H](CCc1ccncc1)NC(=O)CCC(=O)N1CCCC(CCO2)C1.NC(=O)Cc1ccccc1F. The number of aromatic nitrogens is 1. The highest BCUT2D eigenvalue weighted by Gasteiger charge is 2.26. The molecule has 1 aromatic heterocycles. The highest BCUT2D eigenvalue weighted by molar-refractivity contribution is 5.89. The number of carbonyl (C=O) groups excluding carboxylic acids is 4. The second-order valence-electron chi connectivity index (χ2n) is 12.0. The molecule has 4 N–H and O–H groups in total. The van der Waals surface area contributed by atoms with Crippen LogP contribution in [-0.4, -0.2) is 59.3 Å². The summed E-state index contributed by atoms with van der Waals surface area (Å²) in [5.74, 6) is -0.248. The number of nitrogens with two attached hydrogens (primary N) is 1. The Morgan fingerprint density at radius 2 is 1.85 bits per heavy atom. The molecule has 1 saturated heterocycles. The van der Waals surface area contributed by atoms with Gasteiger partial charge in [0.1, 0.15) is 17.6 Å². The predicted octanol–water partition coefficient (Wildman–Crippen LogP) is 3.78. The second kappa shape index (κ2) is 17.8. The molecule has 0 saturated carbocycles. The average Bonchev–Trinajstić information content (AvgIpc) is 3.07. The molecule has 47 heavy (non-hydrogen) atoms. The second-order valence-corrected chi connectivity index (χ2v) is 12.0. The van der Waals surface area contributed by atoms with E-state index in [2.05, 4.69) is 15.6 Å². The number of aryl methyl sites for hydroxylation is 2. The van der Waals surface area contributed by atoms with Crippen LogP contribution in [-0.2, 0) is 38.6 Å². The quantitative estimate of drug-likeness (QED) is 0.386. The smallest absolute Gasteiger partial charge is 0.242 e. The highest BCUT2D eigenvalue weighted by atomic mass is 19.1. The van der Waals surface area contributed by atoms with Crippen molar-refractivity contribution in [1.29, 1.82) is 0 Å². The summed E-state index contributed by atoms with van der Waals surface area (Å²) in [6.07, 6.45) is 7.62. The van der Waals surface area contributed by atoms with Gasteiger partial charge in [-0.1, -0.05) is 24.3 Å². The number of nitrogens with zero attached hydrogens (tertiary/aromatic N) is 2. The van der Waals surface area contributed by atoms with Crippen LogP contribution in [0.1, 0.15) is 60.8 Å². The summed E-state index contributed by atoms with van der Waals surface area (Å²) in [7, 11) is 0. The zero-order valence-electron chi connectivity index (χ0n) is 26.9. The molecule has 5 rings (SSSR count). The molecule has 250 valence electrons. The largest absolute Gasteiger partial charge is 0.494 e. The number of primary amides is 1. The molecular formula is C36H44FN5O5. The Balaban J connectivity index is 0.000000385. The van der Waals surface area contributed by atoms with Crippen molar-refractivity contribution in [3.05, 3.63) is 95.1 Å². The lowest BCUT2D eigenvalue weighted by Gasteiger charge is -2.33. The Kier molecular flexibility index (Phi) is 13.3. The molecule has 2 atom stereocenters. The number of nitrogens with one attached hydrogen (secondary N) is 2. The lowest BCUT2D eigenvalue weighted by atomic mass is 9.95. The Bertz CT molecular complexity index is 1520. The van der Waals surface area contributed by atoms with E-state index in [-0.39, 0.29) is 42.8 Å². The summed E-state index contributed by atoms with van der Waals surface area (Å²) in [5.41, 5.74) is 8.33. The molecule has 0 spiro atoms. The Morgan fingerprint density at radius 1 is 1.06 bits per heavy atom. The number of hydrogen-bond donors (Lipinski definition) is 3. The van der Waals surface area contributed by atoms with Gasteiger partial charge in [0.15, 0.2) is 0 Å². The van der Waals surface area contributed by atoms with Crippen LogP contribution < -0.4 is 21.1 Å². The number of benzene rings is 2. The maximum Gasteiger partial charge on any atom is 0.242 e. The lowest BCUT2D eigenvalue weighted by molar-refractivity contribution is -0.135. The van der Waals surface area contributed by atoms with Gasteiger partial charge in [0.05, 0.1) is 13.0 Å². The third-order valence-electron chi connectivity index (χ3n) is 8.45. The first-order chi connectivity index (χ1) is 22.7. The minimum atomic E-state index is -0.696. The number of amides is 4. The van der Waals surface area contributed by atoms with E-state index in [9.17, 15) is 23.6 Å². The molecule has 2 aromatic carbocycles. The van der Waals surface area contributed by atoms with Crippen LogP contribution in [0.25, 0.3) is 0 Å². The van der Waals surface area contributed by atoms with E-state index in [4.69, 9.17) is 10.5 Å². The topological polar surface area (TPSA) is 144 Å². The molecule has 10 nitrogen and oxygen atoms in total. The Morgan fingerprint density at radius 3 is 2.62 bits per heavy atom. The van der Waals surface area contributed by atoms with E-state index in [0.29, 0.717) is 44.0 Å². The lowest BCUT2D eigenvalue weighted by Crippen LogP contribution is -2.47. The fourth-order valence-electron chi connectivity index (χ4n) is 5.71. The van der Waals surface area contributed by atoms with Gasteiger partial charge in [-0.3, -0.25) is 24.2 Å². The number of rotatable bonds is 5. The zero-order chi connectivity index (χ0) is 33.6. The minimum Gasteiger partial charge on any atom is -0.494 e. The molecule has 2 aliphatic heterocycles. The van der Waals surface area contributed by atoms with Gasteiger partial charge in [0.2, 0.25) is 23.6 Å². The Labute approximate surface area is 275 Å². The van der Waals surface area contributed by atoms with Crippen molar-refractivity contribution >= 4 is 23.6 Å². The van der Waals surface area contributed by atoms with E-state index in [0.717, 1.165) is 48.2 Å². The molecule has 0 radical (unpaired) electrons. The first-order valence-electron chi connectivity index (χ1n) is 16.2. The first kappa shape index (κ1) is 35.1. The standard InChI is InChI=1S/C28H36N4O4.C8H8FNO/c1-20-4-6-24-17-23(20)18-30-28(35)25(7-5-21-10-13-29-14-11-21)31-26(33)8-9-27(34)32-15-2-3-22(19-32)12-16-36-24;9-7-4-2-1-3-6(7)5-8(10)11/h4,6,10-11,13-14,17,22,25H,2-3,5,7-9,12,15-16,18-19H2,1H3,(H,30,35)(H,31,33);1-4H,5H2,(H2,10,11)/t22?,25-;/m0./s1.